The number of allylic oxidation sites excluding steroid dienone is 1. The summed E-state index contributed by atoms with van der Waals surface area (Å²) in [5.41, 5.74) is 0.503. The van der Waals surface area contributed by atoms with E-state index in [1.54, 1.807) is 0 Å². The largest absolute Gasteiger partial charge is 0.383 e. The minimum absolute atomic E-state index is 0.0566. The topological polar surface area (TPSA) is 29.5 Å². The summed E-state index contributed by atoms with van der Waals surface area (Å²) in [5, 5.41) is 10.3. The van der Waals surface area contributed by atoms with Gasteiger partial charge in [-0.05, 0) is 39.5 Å². The zero-order chi connectivity index (χ0) is 9.47. The lowest BCUT2D eigenvalue weighted by Gasteiger charge is -2.36. The van der Waals surface area contributed by atoms with Crippen LogP contribution in [-0.2, 0) is 4.74 Å². The lowest BCUT2D eigenvalue weighted by atomic mass is 9.88. The summed E-state index contributed by atoms with van der Waals surface area (Å²) in [5.74, 6) is 0. The number of hydrogen-bond acceptors (Lipinski definition) is 2. The lowest BCUT2D eigenvalue weighted by molar-refractivity contribution is -0.117. The van der Waals surface area contributed by atoms with Crippen LogP contribution in [0.3, 0.4) is 0 Å². The van der Waals surface area contributed by atoms with Gasteiger partial charge in [0.25, 0.3) is 0 Å². The van der Waals surface area contributed by atoms with Crippen LogP contribution in [0.1, 0.15) is 39.5 Å². The van der Waals surface area contributed by atoms with Crippen molar-refractivity contribution in [3.8, 4) is 0 Å². The molecular weight excluding hydrogens is 164 g/mol. The highest BCUT2D eigenvalue weighted by Crippen LogP contribution is 2.40. The highest BCUT2D eigenvalue weighted by Gasteiger charge is 2.45. The van der Waals surface area contributed by atoms with E-state index in [1.165, 1.54) is 5.57 Å². The molecule has 2 rings (SSSR count). The number of fused-ring (bicyclic) bond motifs is 2. The van der Waals surface area contributed by atoms with E-state index < -0.39 is 5.60 Å². The van der Waals surface area contributed by atoms with Gasteiger partial charge in [0.2, 0.25) is 0 Å². The molecule has 2 bridgehead atoms. The number of rotatable bonds is 1. The third kappa shape index (κ3) is 1.65. The molecule has 2 saturated heterocycles. The first kappa shape index (κ1) is 9.22. The van der Waals surface area contributed by atoms with Gasteiger partial charge in [0, 0.05) is 0 Å². The quantitative estimate of drug-likeness (QED) is 0.629. The van der Waals surface area contributed by atoms with Gasteiger partial charge in [-0.25, -0.2) is 0 Å². The minimum atomic E-state index is -0.675. The Morgan fingerprint density at radius 2 is 2.15 bits per heavy atom. The molecule has 2 aliphatic rings. The van der Waals surface area contributed by atoms with E-state index in [0.717, 1.165) is 25.7 Å². The van der Waals surface area contributed by atoms with Gasteiger partial charge in [0.05, 0.1) is 12.2 Å². The molecule has 0 saturated carbocycles. The third-order valence-electron chi connectivity index (χ3n) is 3.07. The molecule has 0 aromatic carbocycles. The molecule has 0 radical (unpaired) electrons. The molecule has 0 aromatic heterocycles. The fourth-order valence-corrected chi connectivity index (χ4v) is 2.50. The molecule has 0 amide bonds. The summed E-state index contributed by atoms with van der Waals surface area (Å²) in [6.45, 7) is 4.05. The van der Waals surface area contributed by atoms with Crippen LogP contribution in [0.4, 0.5) is 0 Å². The van der Waals surface area contributed by atoms with Gasteiger partial charge in [0.1, 0.15) is 5.60 Å². The van der Waals surface area contributed by atoms with Crippen molar-refractivity contribution in [2.24, 2.45) is 0 Å². The van der Waals surface area contributed by atoms with Crippen molar-refractivity contribution in [2.45, 2.75) is 57.3 Å². The fraction of sp³-hybridized carbons (Fsp3) is 0.818. The minimum Gasteiger partial charge on any atom is -0.383 e. The van der Waals surface area contributed by atoms with Crippen molar-refractivity contribution >= 4 is 0 Å². The highest BCUT2D eigenvalue weighted by atomic mass is 16.5. The summed E-state index contributed by atoms with van der Waals surface area (Å²) >= 11 is 0. The van der Waals surface area contributed by atoms with Gasteiger partial charge in [-0.1, -0.05) is 11.6 Å². The van der Waals surface area contributed by atoms with Crippen LogP contribution >= 0.6 is 0 Å². The van der Waals surface area contributed by atoms with E-state index >= 15 is 0 Å². The summed E-state index contributed by atoms with van der Waals surface area (Å²) in [6, 6.07) is 0. The maximum atomic E-state index is 10.3. The SMILES string of the molecule is CC(C)=CC1(O)CCC2CCC1O2. The maximum Gasteiger partial charge on any atom is 0.109 e. The molecule has 0 aliphatic carbocycles. The summed E-state index contributed by atoms with van der Waals surface area (Å²) in [6.07, 6.45) is 6.48. The molecule has 0 aromatic rings. The molecule has 13 heavy (non-hydrogen) atoms. The van der Waals surface area contributed by atoms with Gasteiger partial charge in [-0.3, -0.25) is 0 Å². The molecule has 2 fully saturated rings. The smallest absolute Gasteiger partial charge is 0.109 e. The summed E-state index contributed by atoms with van der Waals surface area (Å²) in [4.78, 5) is 0. The van der Waals surface area contributed by atoms with Gasteiger partial charge in [-0.2, -0.15) is 0 Å². The normalized spacial score (nSPS) is 43.3. The fourth-order valence-electron chi connectivity index (χ4n) is 2.50. The number of ether oxygens (including phenoxy) is 1. The molecule has 3 atom stereocenters. The Morgan fingerprint density at radius 1 is 1.38 bits per heavy atom. The summed E-state index contributed by atoms with van der Waals surface area (Å²) in [7, 11) is 0. The van der Waals surface area contributed by atoms with E-state index in [2.05, 4.69) is 0 Å². The lowest BCUT2D eigenvalue weighted by Crippen LogP contribution is -2.44. The van der Waals surface area contributed by atoms with E-state index in [1.807, 2.05) is 19.9 Å². The summed E-state index contributed by atoms with van der Waals surface area (Å²) < 4.78 is 5.72. The Hall–Kier alpha value is -0.340. The first-order chi connectivity index (χ1) is 6.10. The van der Waals surface area contributed by atoms with Gasteiger partial charge in [-0.15, -0.1) is 0 Å². The molecule has 0 spiro atoms. The van der Waals surface area contributed by atoms with Crippen molar-refractivity contribution in [1.29, 1.82) is 0 Å². The van der Waals surface area contributed by atoms with E-state index in [0.29, 0.717) is 6.10 Å². The van der Waals surface area contributed by atoms with Crippen molar-refractivity contribution in [3.63, 3.8) is 0 Å². The Morgan fingerprint density at radius 3 is 2.85 bits per heavy atom. The van der Waals surface area contributed by atoms with Crippen molar-refractivity contribution in [1.82, 2.24) is 0 Å². The van der Waals surface area contributed by atoms with Crippen molar-refractivity contribution < 1.29 is 9.84 Å². The second-order valence-electron chi connectivity index (χ2n) is 4.58. The third-order valence-corrected chi connectivity index (χ3v) is 3.07. The molecular formula is C11H18O2. The molecule has 74 valence electrons. The Kier molecular flexibility index (Phi) is 2.20. The standard InChI is InChI=1S/C11H18O2/c1-8(2)7-11(12)6-5-9-3-4-10(11)13-9/h7,9-10,12H,3-6H2,1-2H3. The predicted molar refractivity (Wildman–Crippen MR) is 51.5 cm³/mol. The monoisotopic (exact) mass is 182 g/mol. The number of aliphatic hydroxyl groups is 1. The van der Waals surface area contributed by atoms with Crippen LogP contribution in [-0.4, -0.2) is 22.9 Å². The van der Waals surface area contributed by atoms with Crippen molar-refractivity contribution in [3.05, 3.63) is 11.6 Å². The van der Waals surface area contributed by atoms with Crippen LogP contribution in [0.25, 0.3) is 0 Å². The molecule has 1 N–H and O–H groups in total. The zero-order valence-corrected chi connectivity index (χ0v) is 8.42. The van der Waals surface area contributed by atoms with Crippen LogP contribution < -0.4 is 0 Å². The molecule has 2 heterocycles. The van der Waals surface area contributed by atoms with Crippen LogP contribution in [0, 0.1) is 0 Å². The van der Waals surface area contributed by atoms with E-state index in [-0.39, 0.29) is 6.10 Å². The van der Waals surface area contributed by atoms with Crippen LogP contribution in [0.15, 0.2) is 11.6 Å². The first-order valence-corrected chi connectivity index (χ1v) is 5.14. The molecule has 2 nitrogen and oxygen atoms in total. The Balaban J connectivity index is 2.17. The van der Waals surface area contributed by atoms with Gasteiger partial charge >= 0.3 is 0 Å². The average molecular weight is 182 g/mol. The van der Waals surface area contributed by atoms with Crippen LogP contribution in [0.5, 0.6) is 0 Å². The second kappa shape index (κ2) is 3.10. The van der Waals surface area contributed by atoms with E-state index in [4.69, 9.17) is 4.74 Å². The first-order valence-electron chi connectivity index (χ1n) is 5.14. The Bertz CT molecular complexity index is 230. The zero-order valence-electron chi connectivity index (χ0n) is 8.42. The van der Waals surface area contributed by atoms with Gasteiger partial charge in [0.15, 0.2) is 0 Å². The van der Waals surface area contributed by atoms with E-state index in [9.17, 15) is 5.11 Å². The second-order valence-corrected chi connectivity index (χ2v) is 4.58. The highest BCUT2D eigenvalue weighted by molar-refractivity contribution is 5.13. The van der Waals surface area contributed by atoms with Crippen LogP contribution in [0.2, 0.25) is 0 Å². The Labute approximate surface area is 79.6 Å². The van der Waals surface area contributed by atoms with Gasteiger partial charge < -0.3 is 9.84 Å². The van der Waals surface area contributed by atoms with Crippen molar-refractivity contribution in [2.75, 3.05) is 0 Å². The number of hydrogen-bond donors (Lipinski definition) is 1. The maximum absolute atomic E-state index is 10.3. The molecule has 3 unspecified atom stereocenters. The molecule has 2 aliphatic heterocycles. The average Bonchev–Trinajstić information content (AvgIpc) is 2.42. The molecule has 2 heteroatoms. The predicted octanol–water partition coefficient (Wildman–Crippen LogP) is 2.03.